The molecule has 0 aliphatic carbocycles. The molecule has 0 saturated heterocycles. The van der Waals surface area contributed by atoms with Gasteiger partial charge in [0.25, 0.3) is 0 Å². The molecule has 0 aromatic heterocycles. The predicted molar refractivity (Wildman–Crippen MR) is 140 cm³/mol. The van der Waals surface area contributed by atoms with E-state index in [2.05, 4.69) is 0 Å². The van der Waals surface area contributed by atoms with Crippen LogP contribution in [0.25, 0.3) is 21.5 Å². The maximum Gasteiger partial charge on any atom is 0.338 e. The van der Waals surface area contributed by atoms with Gasteiger partial charge in [0.1, 0.15) is 24.7 Å². The van der Waals surface area contributed by atoms with E-state index in [4.69, 9.17) is 18.9 Å². The molecule has 0 spiro atoms. The summed E-state index contributed by atoms with van der Waals surface area (Å²) >= 11 is 0. The molecule has 36 heavy (non-hydrogen) atoms. The van der Waals surface area contributed by atoms with Crippen molar-refractivity contribution in [1.29, 1.82) is 0 Å². The zero-order valence-corrected chi connectivity index (χ0v) is 20.9. The first-order valence-electron chi connectivity index (χ1n) is 12.0. The summed E-state index contributed by atoms with van der Waals surface area (Å²) in [5, 5.41) is 3.82. The summed E-state index contributed by atoms with van der Waals surface area (Å²) in [5.41, 5.74) is 1.06. The molecule has 0 amide bonds. The van der Waals surface area contributed by atoms with E-state index in [0.29, 0.717) is 24.3 Å². The van der Waals surface area contributed by atoms with Gasteiger partial charge < -0.3 is 18.9 Å². The fourth-order valence-electron chi connectivity index (χ4n) is 3.76. The minimum absolute atomic E-state index is 0.158. The van der Waals surface area contributed by atoms with Gasteiger partial charge in [0.05, 0.1) is 23.3 Å². The fourth-order valence-corrected chi connectivity index (χ4v) is 3.76. The maximum absolute atomic E-state index is 12.1. The molecule has 186 valence electrons. The number of hydrogen-bond donors (Lipinski definition) is 0. The van der Waals surface area contributed by atoms with Crippen molar-refractivity contribution in [2.75, 3.05) is 13.2 Å². The summed E-state index contributed by atoms with van der Waals surface area (Å²) in [5.74, 6) is 0.796. The topological polar surface area (TPSA) is 71.1 Å². The SMILES string of the molecule is CC(C)OC(=O)c1ccc2cc(OCCOc3ccc4cc(C(=O)OC(C)C)ccc4c3)ccc2c1. The largest absolute Gasteiger partial charge is 0.490 e. The lowest BCUT2D eigenvalue weighted by Crippen LogP contribution is -2.11. The van der Waals surface area contributed by atoms with E-state index < -0.39 is 0 Å². The molecule has 0 bridgehead atoms. The second-order valence-electron chi connectivity index (χ2n) is 9.05. The summed E-state index contributed by atoms with van der Waals surface area (Å²) in [7, 11) is 0. The lowest BCUT2D eigenvalue weighted by atomic mass is 10.1. The molecule has 0 radical (unpaired) electrons. The number of fused-ring (bicyclic) bond motifs is 2. The van der Waals surface area contributed by atoms with Crippen LogP contribution in [-0.2, 0) is 9.47 Å². The van der Waals surface area contributed by atoms with E-state index in [-0.39, 0.29) is 24.1 Å². The van der Waals surface area contributed by atoms with Gasteiger partial charge in [-0.2, -0.15) is 0 Å². The van der Waals surface area contributed by atoms with Gasteiger partial charge in [0.15, 0.2) is 0 Å². The van der Waals surface area contributed by atoms with Crippen LogP contribution in [0.3, 0.4) is 0 Å². The Morgan fingerprint density at radius 2 is 0.917 bits per heavy atom. The summed E-state index contributed by atoms with van der Waals surface area (Å²) in [6.07, 6.45) is -0.317. The molecule has 6 nitrogen and oxygen atoms in total. The number of rotatable bonds is 9. The standard InChI is InChI=1S/C30H30O6/c1-19(2)35-29(31)25-7-5-23-17-27(11-9-21(23)15-25)33-13-14-34-28-12-10-22-16-26(8-6-24(22)18-28)30(32)36-20(3)4/h5-12,15-20H,13-14H2,1-4H3. The number of hydrogen-bond acceptors (Lipinski definition) is 6. The van der Waals surface area contributed by atoms with Gasteiger partial charge in [-0.1, -0.05) is 24.3 Å². The Kier molecular flexibility index (Phi) is 7.74. The molecule has 0 atom stereocenters. The Hall–Kier alpha value is -4.06. The molecule has 6 heteroatoms. The number of ether oxygens (including phenoxy) is 4. The van der Waals surface area contributed by atoms with Crippen molar-refractivity contribution in [2.24, 2.45) is 0 Å². The molecule has 4 rings (SSSR count). The summed E-state index contributed by atoms with van der Waals surface area (Å²) < 4.78 is 22.2. The number of carbonyl (C=O) groups is 2. The van der Waals surface area contributed by atoms with Gasteiger partial charge in [-0.15, -0.1) is 0 Å². The van der Waals surface area contributed by atoms with Crippen LogP contribution >= 0.6 is 0 Å². The van der Waals surface area contributed by atoms with Crippen molar-refractivity contribution in [2.45, 2.75) is 39.9 Å². The molecule has 0 aliphatic rings. The molecule has 0 unspecified atom stereocenters. The summed E-state index contributed by atoms with van der Waals surface area (Å²) in [4.78, 5) is 24.3. The molecule has 0 aliphatic heterocycles. The summed E-state index contributed by atoms with van der Waals surface area (Å²) in [6, 6.07) is 22.4. The number of benzene rings is 4. The van der Waals surface area contributed by atoms with Gasteiger partial charge in [0, 0.05) is 0 Å². The zero-order chi connectivity index (χ0) is 25.7. The van der Waals surface area contributed by atoms with Crippen molar-refractivity contribution >= 4 is 33.5 Å². The number of esters is 2. The first-order valence-corrected chi connectivity index (χ1v) is 12.0. The molecule has 0 N–H and O–H groups in total. The van der Waals surface area contributed by atoms with E-state index in [1.165, 1.54) is 0 Å². The van der Waals surface area contributed by atoms with Gasteiger partial charge in [-0.05, 0) is 97.8 Å². The average molecular weight is 487 g/mol. The molecule has 0 fully saturated rings. The number of carbonyl (C=O) groups excluding carboxylic acids is 2. The van der Waals surface area contributed by atoms with E-state index in [9.17, 15) is 9.59 Å². The highest BCUT2D eigenvalue weighted by Gasteiger charge is 2.11. The third-order valence-electron chi connectivity index (χ3n) is 5.40. The Balaban J connectivity index is 1.32. The van der Waals surface area contributed by atoms with Crippen molar-refractivity contribution < 1.29 is 28.5 Å². The van der Waals surface area contributed by atoms with Gasteiger partial charge in [0.2, 0.25) is 0 Å². The van der Waals surface area contributed by atoms with Gasteiger partial charge in [-0.25, -0.2) is 9.59 Å². The van der Waals surface area contributed by atoms with Crippen LogP contribution in [0.15, 0.2) is 72.8 Å². The monoisotopic (exact) mass is 486 g/mol. The van der Waals surface area contributed by atoms with Crippen LogP contribution in [0, 0.1) is 0 Å². The summed E-state index contributed by atoms with van der Waals surface area (Å²) in [6.45, 7) is 8.07. The molecule has 0 saturated carbocycles. The Labute approximate surface area is 210 Å². The van der Waals surface area contributed by atoms with Crippen LogP contribution in [0.2, 0.25) is 0 Å². The van der Waals surface area contributed by atoms with Gasteiger partial charge >= 0.3 is 11.9 Å². The second kappa shape index (κ2) is 11.1. The molecular formula is C30H30O6. The van der Waals surface area contributed by atoms with Crippen molar-refractivity contribution in [3.8, 4) is 11.5 Å². The second-order valence-corrected chi connectivity index (χ2v) is 9.05. The molecule has 4 aromatic carbocycles. The van der Waals surface area contributed by atoms with Crippen LogP contribution in [0.1, 0.15) is 48.4 Å². The smallest absolute Gasteiger partial charge is 0.338 e. The normalized spacial score (nSPS) is 11.2. The first-order chi connectivity index (χ1) is 17.3. The average Bonchev–Trinajstić information content (AvgIpc) is 2.85. The minimum atomic E-state index is -0.327. The Bertz CT molecular complexity index is 1280. The van der Waals surface area contributed by atoms with Crippen molar-refractivity contribution in [3.05, 3.63) is 83.9 Å². The Morgan fingerprint density at radius 1 is 0.556 bits per heavy atom. The molecule has 4 aromatic rings. The predicted octanol–water partition coefficient (Wildman–Crippen LogP) is 6.58. The third-order valence-corrected chi connectivity index (χ3v) is 5.40. The highest BCUT2D eigenvalue weighted by atomic mass is 16.5. The highest BCUT2D eigenvalue weighted by Crippen LogP contribution is 2.24. The quantitative estimate of drug-likeness (QED) is 0.197. The lowest BCUT2D eigenvalue weighted by molar-refractivity contribution is 0.0367. The third kappa shape index (κ3) is 6.33. The van der Waals surface area contributed by atoms with Crippen LogP contribution < -0.4 is 9.47 Å². The highest BCUT2D eigenvalue weighted by molar-refractivity contribution is 5.96. The lowest BCUT2D eigenvalue weighted by Gasteiger charge is -2.11. The molecule has 0 heterocycles. The zero-order valence-electron chi connectivity index (χ0n) is 20.9. The maximum atomic E-state index is 12.1. The molecular weight excluding hydrogens is 456 g/mol. The Morgan fingerprint density at radius 3 is 1.31 bits per heavy atom. The van der Waals surface area contributed by atoms with E-state index in [0.717, 1.165) is 33.0 Å². The van der Waals surface area contributed by atoms with Crippen LogP contribution in [0.5, 0.6) is 11.5 Å². The van der Waals surface area contributed by atoms with Crippen LogP contribution in [0.4, 0.5) is 0 Å². The van der Waals surface area contributed by atoms with Crippen molar-refractivity contribution in [1.82, 2.24) is 0 Å². The van der Waals surface area contributed by atoms with E-state index >= 15 is 0 Å². The van der Waals surface area contributed by atoms with Crippen LogP contribution in [-0.4, -0.2) is 37.4 Å². The fraction of sp³-hybridized carbons (Fsp3) is 0.267. The minimum Gasteiger partial charge on any atom is -0.490 e. The first kappa shape index (κ1) is 25.0. The van der Waals surface area contributed by atoms with E-state index in [1.54, 1.807) is 12.1 Å². The van der Waals surface area contributed by atoms with Gasteiger partial charge in [-0.3, -0.25) is 0 Å². The van der Waals surface area contributed by atoms with Crippen molar-refractivity contribution in [3.63, 3.8) is 0 Å². The van der Waals surface area contributed by atoms with E-state index in [1.807, 2.05) is 88.4 Å².